The summed E-state index contributed by atoms with van der Waals surface area (Å²) in [5.74, 6) is -0.0560. The van der Waals surface area contributed by atoms with Crippen LogP contribution in [-0.4, -0.2) is 47.4 Å². The van der Waals surface area contributed by atoms with Crippen molar-refractivity contribution in [3.63, 3.8) is 0 Å². The van der Waals surface area contributed by atoms with Gasteiger partial charge in [0, 0.05) is 12.8 Å². The molecule has 2 atom stereocenters. The molecule has 0 aromatic heterocycles. The number of aliphatic hydroxyl groups excluding tert-OH is 2. The van der Waals surface area contributed by atoms with E-state index in [2.05, 4.69) is 43.5 Å². The number of aliphatic hydroxyl groups is 2. The maximum atomic E-state index is 12.6. The molecule has 502 valence electrons. The number of carbonyl (C=O) groups excluding carboxylic acids is 2. The summed E-state index contributed by atoms with van der Waals surface area (Å²) >= 11 is 0. The second-order valence-corrected chi connectivity index (χ2v) is 26.7. The molecule has 1 amide bonds. The monoisotopic (exact) mass is 1190 g/mol. The van der Waals surface area contributed by atoms with E-state index in [0.29, 0.717) is 19.4 Å². The fourth-order valence-electron chi connectivity index (χ4n) is 12.2. The third kappa shape index (κ3) is 71.0. The molecule has 2 unspecified atom stereocenters. The molecule has 0 aromatic carbocycles. The summed E-state index contributed by atoms with van der Waals surface area (Å²) in [4.78, 5) is 24.6. The molecule has 3 N–H and O–H groups in total. The molecule has 0 heterocycles. The average Bonchev–Trinajstić information content (AvgIpc) is 3.51. The maximum absolute atomic E-state index is 12.6. The molecule has 0 aliphatic carbocycles. The van der Waals surface area contributed by atoms with Crippen LogP contribution in [0.5, 0.6) is 0 Å². The first-order valence-corrected chi connectivity index (χ1v) is 38.8. The molecule has 0 aromatic rings. The Balaban J connectivity index is 3.41. The highest BCUT2D eigenvalue weighted by atomic mass is 16.5. The number of esters is 1. The summed E-state index contributed by atoms with van der Waals surface area (Å²) < 4.78 is 5.50. The van der Waals surface area contributed by atoms with Crippen molar-refractivity contribution in [2.45, 2.75) is 443 Å². The fourth-order valence-corrected chi connectivity index (χ4v) is 12.2. The van der Waals surface area contributed by atoms with Crippen LogP contribution in [-0.2, 0) is 14.3 Å². The molecule has 0 saturated carbocycles. The second kappa shape index (κ2) is 74.5. The number of hydrogen-bond acceptors (Lipinski definition) is 5. The Kier molecular flexibility index (Phi) is 72.9. The highest BCUT2D eigenvalue weighted by Gasteiger charge is 2.18. The largest absolute Gasteiger partial charge is 0.466 e. The smallest absolute Gasteiger partial charge is 0.305 e. The van der Waals surface area contributed by atoms with E-state index in [0.717, 1.165) is 44.9 Å². The van der Waals surface area contributed by atoms with Crippen molar-refractivity contribution < 1.29 is 24.5 Å². The van der Waals surface area contributed by atoms with Crippen molar-refractivity contribution in [3.05, 3.63) is 36.5 Å². The Labute approximate surface area is 532 Å². The Bertz CT molecular complexity index is 1380. The molecule has 0 bridgehead atoms. The van der Waals surface area contributed by atoms with Crippen LogP contribution in [0.2, 0.25) is 0 Å². The first kappa shape index (κ1) is 83.1. The number of ether oxygens (including phenoxy) is 1. The normalized spacial score (nSPS) is 12.7. The van der Waals surface area contributed by atoms with E-state index in [1.54, 1.807) is 6.08 Å². The van der Waals surface area contributed by atoms with E-state index in [9.17, 15) is 19.8 Å². The molecule has 85 heavy (non-hydrogen) atoms. The van der Waals surface area contributed by atoms with E-state index in [1.807, 2.05) is 6.08 Å². The Morgan fingerprint density at radius 2 is 0.553 bits per heavy atom. The number of hydrogen-bond donors (Lipinski definition) is 3. The van der Waals surface area contributed by atoms with E-state index in [-0.39, 0.29) is 18.5 Å². The summed E-state index contributed by atoms with van der Waals surface area (Å²) in [5.41, 5.74) is 0. The summed E-state index contributed by atoms with van der Waals surface area (Å²) in [7, 11) is 0. The molecular formula is C79H151NO5. The van der Waals surface area contributed by atoms with E-state index in [4.69, 9.17) is 4.74 Å². The van der Waals surface area contributed by atoms with Crippen LogP contribution in [0.15, 0.2) is 36.5 Å². The molecule has 0 fully saturated rings. The summed E-state index contributed by atoms with van der Waals surface area (Å²) in [6.07, 6.45) is 96.8. The minimum atomic E-state index is -0.847. The van der Waals surface area contributed by atoms with Crippen LogP contribution in [0.1, 0.15) is 431 Å². The van der Waals surface area contributed by atoms with Crippen molar-refractivity contribution in [1.82, 2.24) is 5.32 Å². The first-order valence-electron chi connectivity index (χ1n) is 38.8. The van der Waals surface area contributed by atoms with Crippen molar-refractivity contribution >= 4 is 11.9 Å². The van der Waals surface area contributed by atoms with E-state index < -0.39 is 12.1 Å². The number of unbranched alkanes of at least 4 members (excludes halogenated alkanes) is 58. The Morgan fingerprint density at radius 3 is 0.835 bits per heavy atom. The van der Waals surface area contributed by atoms with Crippen LogP contribution in [0.25, 0.3) is 0 Å². The van der Waals surface area contributed by atoms with Crippen LogP contribution >= 0.6 is 0 Å². The molecule has 0 saturated heterocycles. The van der Waals surface area contributed by atoms with Gasteiger partial charge in [0.15, 0.2) is 0 Å². The van der Waals surface area contributed by atoms with Gasteiger partial charge in [0.05, 0.1) is 25.4 Å². The molecule has 6 nitrogen and oxygen atoms in total. The third-order valence-electron chi connectivity index (χ3n) is 18.1. The zero-order valence-corrected chi connectivity index (χ0v) is 57.6. The SMILES string of the molecule is CCCCCCCCC/C=C\CCCCCCCC(=O)OCCCCCCCCCCCCCC/C=C\CCCCCCCCCCCCCC(=O)NC(CO)C(O)/C=C/CCCCCCCCCCCCCCCCCCCCCCCCC. The average molecular weight is 1200 g/mol. The van der Waals surface area contributed by atoms with Gasteiger partial charge in [0.1, 0.15) is 0 Å². The summed E-state index contributed by atoms with van der Waals surface area (Å²) in [5, 5.41) is 23.3. The molecule has 0 radical (unpaired) electrons. The topological polar surface area (TPSA) is 95.9 Å². The van der Waals surface area contributed by atoms with Gasteiger partial charge < -0.3 is 20.3 Å². The molecule has 6 heteroatoms. The van der Waals surface area contributed by atoms with Crippen LogP contribution < -0.4 is 5.32 Å². The number of carbonyl (C=O) groups is 2. The Hall–Kier alpha value is -1.92. The maximum Gasteiger partial charge on any atom is 0.305 e. The highest BCUT2D eigenvalue weighted by molar-refractivity contribution is 5.76. The summed E-state index contributed by atoms with van der Waals surface area (Å²) in [6.45, 7) is 4.94. The number of nitrogens with one attached hydrogen (secondary N) is 1. The zero-order chi connectivity index (χ0) is 61.3. The number of rotatable bonds is 73. The van der Waals surface area contributed by atoms with Crippen LogP contribution in [0.4, 0.5) is 0 Å². The van der Waals surface area contributed by atoms with Gasteiger partial charge in [-0.2, -0.15) is 0 Å². The zero-order valence-electron chi connectivity index (χ0n) is 57.6. The second-order valence-electron chi connectivity index (χ2n) is 26.7. The molecule has 0 aliphatic heterocycles. The molecule has 0 aliphatic rings. The predicted molar refractivity (Wildman–Crippen MR) is 375 cm³/mol. The van der Waals surface area contributed by atoms with Gasteiger partial charge in [-0.1, -0.05) is 371 Å². The lowest BCUT2D eigenvalue weighted by Gasteiger charge is -2.20. The number of amides is 1. The highest BCUT2D eigenvalue weighted by Crippen LogP contribution is 2.19. The van der Waals surface area contributed by atoms with E-state index in [1.165, 1.54) is 360 Å². The van der Waals surface area contributed by atoms with Gasteiger partial charge in [-0.3, -0.25) is 9.59 Å². The summed E-state index contributed by atoms with van der Waals surface area (Å²) in [6, 6.07) is -0.631. The van der Waals surface area contributed by atoms with Gasteiger partial charge in [0.25, 0.3) is 0 Å². The lowest BCUT2D eigenvalue weighted by molar-refractivity contribution is -0.143. The molecular weight excluding hydrogens is 1040 g/mol. The lowest BCUT2D eigenvalue weighted by atomic mass is 10.0. The molecule has 0 rings (SSSR count). The van der Waals surface area contributed by atoms with Crippen molar-refractivity contribution in [2.24, 2.45) is 0 Å². The minimum absolute atomic E-state index is 0.00814. The third-order valence-corrected chi connectivity index (χ3v) is 18.1. The predicted octanol–water partition coefficient (Wildman–Crippen LogP) is 25.4. The van der Waals surface area contributed by atoms with Crippen LogP contribution in [0, 0.1) is 0 Å². The van der Waals surface area contributed by atoms with Crippen molar-refractivity contribution in [2.75, 3.05) is 13.2 Å². The molecule has 0 spiro atoms. The minimum Gasteiger partial charge on any atom is -0.466 e. The van der Waals surface area contributed by atoms with Gasteiger partial charge in [-0.25, -0.2) is 0 Å². The van der Waals surface area contributed by atoms with Gasteiger partial charge in [-0.05, 0) is 83.5 Å². The fraction of sp³-hybridized carbons (Fsp3) is 0.899. The first-order chi connectivity index (χ1) is 42.0. The van der Waals surface area contributed by atoms with Crippen LogP contribution in [0.3, 0.4) is 0 Å². The lowest BCUT2D eigenvalue weighted by Crippen LogP contribution is -2.45. The van der Waals surface area contributed by atoms with Gasteiger partial charge in [-0.15, -0.1) is 0 Å². The number of allylic oxidation sites excluding steroid dienone is 5. The quantitative estimate of drug-likeness (QED) is 0.0320. The van der Waals surface area contributed by atoms with Gasteiger partial charge >= 0.3 is 5.97 Å². The van der Waals surface area contributed by atoms with E-state index >= 15 is 0 Å². The van der Waals surface area contributed by atoms with Gasteiger partial charge in [0.2, 0.25) is 5.91 Å². The van der Waals surface area contributed by atoms with Crippen molar-refractivity contribution in [3.8, 4) is 0 Å². The standard InChI is InChI=1S/C79H151NO5/c1-3-5-7-9-11-13-15-17-19-21-22-23-24-28-31-34-37-40-43-47-51-55-59-63-67-71-77(82)76(75-81)80-78(83)72-68-64-60-56-52-48-44-41-38-35-32-29-26-25-27-30-33-36-39-42-46-50-54-58-62-66-70-74-85-79(84)73-69-65-61-57-53-49-45-20-18-16-14-12-10-8-6-4-2/h20,25-26,45,67,71,76-77,81-82H,3-19,21-24,27-44,46-66,68-70,72-75H2,1-2H3,(H,80,83)/b26-25-,45-20-,71-67+. The van der Waals surface area contributed by atoms with Crippen molar-refractivity contribution in [1.29, 1.82) is 0 Å². The Morgan fingerprint density at radius 1 is 0.318 bits per heavy atom.